The first kappa shape index (κ1) is 14.5. The Labute approximate surface area is 136 Å². The highest BCUT2D eigenvalue weighted by molar-refractivity contribution is 5.54. The van der Waals surface area contributed by atoms with Crippen LogP contribution in [0.2, 0.25) is 0 Å². The number of aromatic nitrogens is 3. The van der Waals surface area contributed by atoms with Crippen LogP contribution in [0.1, 0.15) is 43.0 Å². The molecule has 2 aliphatic rings. The normalized spacial score (nSPS) is 25.0. The molecular weight excluding hydrogens is 288 g/mol. The fourth-order valence-corrected chi connectivity index (χ4v) is 3.67. The third kappa shape index (κ3) is 2.66. The van der Waals surface area contributed by atoms with Gasteiger partial charge in [-0.15, -0.1) is 0 Å². The molecule has 2 saturated heterocycles. The number of fused-ring (bicyclic) bond motifs is 1. The molecule has 2 fully saturated rings. The number of anilines is 1. The number of nitriles is 1. The maximum Gasteiger partial charge on any atom is 0.157 e. The summed E-state index contributed by atoms with van der Waals surface area (Å²) in [4.78, 5) is 7.06. The first-order chi connectivity index (χ1) is 11.2. The third-order valence-corrected chi connectivity index (χ3v) is 4.96. The molecule has 2 aromatic rings. The standard InChI is InChI=1S/C17H22N6/c1-12-10-23-16(8-15(21-23)14-4-2-3-6-19-14)20-17(12)22-7-5-13(9-18)11-22/h8,10,13-14,19H,2-7,11H2,1H3/t13-,14+/m1/s1. The Morgan fingerprint density at radius 3 is 3.00 bits per heavy atom. The summed E-state index contributed by atoms with van der Waals surface area (Å²) in [6, 6.07) is 4.82. The first-order valence-corrected chi connectivity index (χ1v) is 8.49. The molecular formula is C17H22N6. The molecule has 2 aromatic heterocycles. The van der Waals surface area contributed by atoms with Crippen molar-refractivity contribution in [3.8, 4) is 6.07 Å². The number of aryl methyl sites for hydroxylation is 1. The van der Waals surface area contributed by atoms with Gasteiger partial charge in [0.15, 0.2) is 5.65 Å². The summed E-state index contributed by atoms with van der Waals surface area (Å²) < 4.78 is 1.89. The maximum atomic E-state index is 9.10. The van der Waals surface area contributed by atoms with Crippen molar-refractivity contribution in [3.05, 3.63) is 23.5 Å². The second-order valence-electron chi connectivity index (χ2n) is 6.68. The summed E-state index contributed by atoms with van der Waals surface area (Å²) in [5.41, 5.74) is 3.10. The Morgan fingerprint density at radius 2 is 2.26 bits per heavy atom. The summed E-state index contributed by atoms with van der Waals surface area (Å²) in [6.45, 7) is 4.83. The molecule has 0 amide bonds. The van der Waals surface area contributed by atoms with E-state index in [4.69, 9.17) is 15.3 Å². The summed E-state index contributed by atoms with van der Waals surface area (Å²) in [5, 5.41) is 17.4. The Balaban J connectivity index is 1.65. The van der Waals surface area contributed by atoms with Crippen molar-refractivity contribution < 1.29 is 0 Å². The van der Waals surface area contributed by atoms with Crippen molar-refractivity contribution in [1.82, 2.24) is 19.9 Å². The predicted octanol–water partition coefficient (Wildman–Crippen LogP) is 2.20. The lowest BCUT2D eigenvalue weighted by atomic mass is 10.0. The molecule has 120 valence electrons. The van der Waals surface area contributed by atoms with Gasteiger partial charge in [-0.1, -0.05) is 6.42 Å². The molecule has 4 rings (SSSR count). The van der Waals surface area contributed by atoms with Crippen LogP contribution in [0.25, 0.3) is 5.65 Å². The molecule has 0 radical (unpaired) electrons. The van der Waals surface area contributed by atoms with E-state index < -0.39 is 0 Å². The van der Waals surface area contributed by atoms with Crippen molar-refractivity contribution in [3.63, 3.8) is 0 Å². The lowest BCUT2D eigenvalue weighted by molar-refractivity contribution is 0.404. The van der Waals surface area contributed by atoms with Crippen LogP contribution in [0.5, 0.6) is 0 Å². The number of nitrogens with one attached hydrogen (secondary N) is 1. The monoisotopic (exact) mass is 310 g/mol. The van der Waals surface area contributed by atoms with E-state index in [0.29, 0.717) is 6.04 Å². The van der Waals surface area contributed by atoms with E-state index in [9.17, 15) is 0 Å². The first-order valence-electron chi connectivity index (χ1n) is 8.49. The number of nitrogens with zero attached hydrogens (tertiary/aromatic N) is 5. The highest BCUT2D eigenvalue weighted by Gasteiger charge is 2.25. The summed E-state index contributed by atoms with van der Waals surface area (Å²) in [7, 11) is 0. The summed E-state index contributed by atoms with van der Waals surface area (Å²) in [5.74, 6) is 1.12. The second-order valence-corrected chi connectivity index (χ2v) is 6.68. The molecule has 23 heavy (non-hydrogen) atoms. The van der Waals surface area contributed by atoms with Crippen LogP contribution < -0.4 is 10.2 Å². The molecule has 0 unspecified atom stereocenters. The van der Waals surface area contributed by atoms with Gasteiger partial charge in [0.1, 0.15) is 5.82 Å². The van der Waals surface area contributed by atoms with E-state index >= 15 is 0 Å². The lowest BCUT2D eigenvalue weighted by Crippen LogP contribution is -2.27. The Bertz CT molecular complexity index is 752. The number of hydrogen-bond acceptors (Lipinski definition) is 5. The van der Waals surface area contributed by atoms with Crippen LogP contribution in [-0.2, 0) is 0 Å². The van der Waals surface area contributed by atoms with E-state index in [1.54, 1.807) is 0 Å². The predicted molar refractivity (Wildman–Crippen MR) is 88.3 cm³/mol. The van der Waals surface area contributed by atoms with E-state index in [-0.39, 0.29) is 5.92 Å². The number of rotatable bonds is 2. The average Bonchev–Trinajstić information content (AvgIpc) is 3.21. The van der Waals surface area contributed by atoms with Crippen molar-refractivity contribution >= 4 is 11.5 Å². The Kier molecular flexibility index (Phi) is 3.66. The molecule has 0 spiro atoms. The van der Waals surface area contributed by atoms with Crippen LogP contribution in [0.4, 0.5) is 5.82 Å². The van der Waals surface area contributed by atoms with E-state index in [0.717, 1.165) is 55.2 Å². The molecule has 0 bridgehead atoms. The molecule has 4 heterocycles. The lowest BCUT2D eigenvalue weighted by Gasteiger charge is -2.21. The molecule has 0 aromatic carbocycles. The zero-order valence-electron chi connectivity index (χ0n) is 13.5. The van der Waals surface area contributed by atoms with Crippen molar-refractivity contribution in [2.24, 2.45) is 5.92 Å². The number of hydrogen-bond donors (Lipinski definition) is 1. The van der Waals surface area contributed by atoms with Gasteiger partial charge in [0.05, 0.1) is 23.7 Å². The minimum absolute atomic E-state index is 0.124. The SMILES string of the molecule is Cc1cn2nc([C@@H]3CCCCN3)cc2nc1N1CC[C@H](C#N)C1. The van der Waals surface area contributed by atoms with Gasteiger partial charge in [0.2, 0.25) is 0 Å². The van der Waals surface area contributed by atoms with Gasteiger partial charge in [-0.25, -0.2) is 9.50 Å². The van der Waals surface area contributed by atoms with Crippen LogP contribution in [0, 0.1) is 24.2 Å². The fraction of sp³-hybridized carbons (Fsp3) is 0.588. The van der Waals surface area contributed by atoms with Crippen molar-refractivity contribution in [1.29, 1.82) is 5.26 Å². The molecule has 6 heteroatoms. The highest BCUT2D eigenvalue weighted by Crippen LogP contribution is 2.27. The minimum atomic E-state index is 0.124. The van der Waals surface area contributed by atoms with Crippen LogP contribution in [-0.4, -0.2) is 34.2 Å². The molecule has 0 aliphatic carbocycles. The minimum Gasteiger partial charge on any atom is -0.355 e. The van der Waals surface area contributed by atoms with E-state index in [2.05, 4.69) is 35.5 Å². The average molecular weight is 310 g/mol. The zero-order valence-corrected chi connectivity index (χ0v) is 13.5. The van der Waals surface area contributed by atoms with Gasteiger partial charge in [0.25, 0.3) is 0 Å². The van der Waals surface area contributed by atoms with Crippen molar-refractivity contribution in [2.45, 2.75) is 38.6 Å². The smallest absolute Gasteiger partial charge is 0.157 e. The van der Waals surface area contributed by atoms with Crippen LogP contribution in [0.3, 0.4) is 0 Å². The highest BCUT2D eigenvalue weighted by atomic mass is 15.3. The summed E-state index contributed by atoms with van der Waals surface area (Å²) in [6.07, 6.45) is 6.64. The third-order valence-electron chi connectivity index (χ3n) is 4.96. The van der Waals surface area contributed by atoms with Gasteiger partial charge in [-0.05, 0) is 32.7 Å². The van der Waals surface area contributed by atoms with Gasteiger partial charge in [-0.3, -0.25) is 0 Å². The quantitative estimate of drug-likeness (QED) is 0.921. The van der Waals surface area contributed by atoms with Gasteiger partial charge >= 0.3 is 0 Å². The topological polar surface area (TPSA) is 69.2 Å². The molecule has 2 atom stereocenters. The molecule has 2 aliphatic heterocycles. The Hall–Kier alpha value is -2.13. The summed E-state index contributed by atoms with van der Waals surface area (Å²) >= 11 is 0. The van der Waals surface area contributed by atoms with Gasteiger partial charge in [-0.2, -0.15) is 10.4 Å². The largest absolute Gasteiger partial charge is 0.355 e. The van der Waals surface area contributed by atoms with Crippen LogP contribution >= 0.6 is 0 Å². The molecule has 6 nitrogen and oxygen atoms in total. The Morgan fingerprint density at radius 1 is 1.35 bits per heavy atom. The fourth-order valence-electron chi connectivity index (χ4n) is 3.67. The van der Waals surface area contributed by atoms with Crippen LogP contribution in [0.15, 0.2) is 12.3 Å². The van der Waals surface area contributed by atoms with Crippen molar-refractivity contribution in [2.75, 3.05) is 24.5 Å². The van der Waals surface area contributed by atoms with E-state index in [1.807, 2.05) is 4.52 Å². The zero-order chi connectivity index (χ0) is 15.8. The van der Waals surface area contributed by atoms with Gasteiger partial charge in [0, 0.05) is 30.9 Å². The maximum absolute atomic E-state index is 9.10. The molecule has 0 saturated carbocycles. The molecule has 1 N–H and O–H groups in total. The van der Waals surface area contributed by atoms with E-state index in [1.165, 1.54) is 12.8 Å². The second kappa shape index (κ2) is 5.82. The number of piperidine rings is 1. The van der Waals surface area contributed by atoms with Gasteiger partial charge < -0.3 is 10.2 Å².